The molecule has 1 heterocycles. The Labute approximate surface area is 134 Å². The van der Waals surface area contributed by atoms with Crippen LogP contribution in [0, 0.1) is 11.6 Å². The zero-order valence-corrected chi connectivity index (χ0v) is 12.2. The van der Waals surface area contributed by atoms with Gasteiger partial charge in [-0.3, -0.25) is 9.59 Å². The third-order valence-electron chi connectivity index (χ3n) is 3.40. The molecule has 24 heavy (non-hydrogen) atoms. The summed E-state index contributed by atoms with van der Waals surface area (Å²) in [7, 11) is 1.03. The van der Waals surface area contributed by atoms with Gasteiger partial charge in [0, 0.05) is 0 Å². The third-order valence-corrected chi connectivity index (χ3v) is 3.40. The molecule has 0 unspecified atom stereocenters. The molecule has 1 aliphatic heterocycles. The van der Waals surface area contributed by atoms with Crippen LogP contribution in [0.3, 0.4) is 0 Å². The second kappa shape index (κ2) is 5.73. The van der Waals surface area contributed by atoms with Crippen molar-refractivity contribution < 1.29 is 32.7 Å². The predicted octanol–water partition coefficient (Wildman–Crippen LogP) is 2.34. The minimum atomic E-state index is -1.33. The molecular weight excluding hydrogens is 324 g/mol. The Hall–Kier alpha value is -3.29. The largest absolute Gasteiger partial charge is 0.491 e. The number of carbonyl (C=O) groups excluding carboxylic acids is 3. The van der Waals surface area contributed by atoms with Gasteiger partial charge in [0.1, 0.15) is 5.56 Å². The van der Waals surface area contributed by atoms with E-state index in [1.54, 1.807) is 12.1 Å². The maximum atomic E-state index is 14.1. The summed E-state index contributed by atoms with van der Waals surface area (Å²) in [4.78, 5) is 40.9. The molecule has 0 bridgehead atoms. The van der Waals surface area contributed by atoms with E-state index in [9.17, 15) is 23.2 Å². The van der Waals surface area contributed by atoms with E-state index < -0.39 is 40.7 Å². The quantitative estimate of drug-likeness (QED) is 0.806. The average Bonchev–Trinajstić information content (AvgIpc) is 2.81. The molecule has 0 atom stereocenters. The lowest BCUT2D eigenvalue weighted by atomic mass is 10.1. The van der Waals surface area contributed by atoms with Crippen molar-refractivity contribution in [2.24, 2.45) is 0 Å². The number of rotatable bonds is 3. The maximum Gasteiger partial charge on any atom is 0.367 e. The second-order valence-electron chi connectivity index (χ2n) is 4.77. The molecule has 2 aromatic carbocycles. The second-order valence-corrected chi connectivity index (χ2v) is 4.77. The monoisotopic (exact) mass is 333 g/mol. The molecule has 1 aliphatic rings. The summed E-state index contributed by atoms with van der Waals surface area (Å²) in [5, 5.41) is 0.238. The summed E-state index contributed by atoms with van der Waals surface area (Å²) >= 11 is 0. The molecule has 2 amide bonds. The topological polar surface area (TPSA) is 72.9 Å². The van der Waals surface area contributed by atoms with E-state index in [-0.39, 0.29) is 16.2 Å². The molecule has 122 valence electrons. The molecule has 2 aromatic rings. The number of nitrogens with zero attached hydrogens (tertiary/aromatic N) is 1. The minimum absolute atomic E-state index is 0.0625. The van der Waals surface area contributed by atoms with Gasteiger partial charge in [-0.1, -0.05) is 17.2 Å². The smallest absolute Gasteiger partial charge is 0.367 e. The Morgan fingerprint density at radius 1 is 1.00 bits per heavy atom. The summed E-state index contributed by atoms with van der Waals surface area (Å²) < 4.78 is 32.0. The number of ether oxygens (including phenoxy) is 1. The maximum absolute atomic E-state index is 14.1. The number of benzene rings is 2. The van der Waals surface area contributed by atoms with Crippen LogP contribution in [0.1, 0.15) is 31.1 Å². The van der Waals surface area contributed by atoms with E-state index in [0.717, 1.165) is 19.2 Å². The van der Waals surface area contributed by atoms with Gasteiger partial charge in [0.15, 0.2) is 17.4 Å². The molecule has 3 rings (SSSR count). The fourth-order valence-corrected chi connectivity index (χ4v) is 2.26. The fraction of sp³-hybridized carbons (Fsp3) is 0.0625. The van der Waals surface area contributed by atoms with Crippen LogP contribution < -0.4 is 4.74 Å². The van der Waals surface area contributed by atoms with Crippen LogP contribution in [-0.4, -0.2) is 30.0 Å². The highest BCUT2D eigenvalue weighted by molar-refractivity contribution is 6.21. The van der Waals surface area contributed by atoms with Gasteiger partial charge >= 0.3 is 5.97 Å². The summed E-state index contributed by atoms with van der Waals surface area (Å²) in [6.45, 7) is 0. The molecule has 0 aromatic heterocycles. The zero-order valence-electron chi connectivity index (χ0n) is 12.2. The van der Waals surface area contributed by atoms with E-state index in [2.05, 4.69) is 4.74 Å². The molecule has 0 saturated carbocycles. The lowest BCUT2D eigenvalue weighted by molar-refractivity contribution is -0.0587. The molecule has 8 heteroatoms. The standard InChI is InChI=1S/C16H9F2NO5/c1-23-13-11(17)7-6-10(12(13)18)16(22)24-19-14(20)8-4-2-3-5-9(8)15(19)21/h2-7H,1H3. The molecule has 0 N–H and O–H groups in total. The molecule has 0 spiro atoms. The van der Waals surface area contributed by atoms with Crippen LogP contribution in [0.15, 0.2) is 36.4 Å². The first-order chi connectivity index (χ1) is 11.5. The van der Waals surface area contributed by atoms with Gasteiger partial charge in [-0.25, -0.2) is 13.6 Å². The van der Waals surface area contributed by atoms with Crippen LogP contribution in [0.25, 0.3) is 0 Å². The molecular formula is C16H9F2NO5. The van der Waals surface area contributed by atoms with Gasteiger partial charge in [-0.2, -0.15) is 0 Å². The zero-order chi connectivity index (χ0) is 17.4. The van der Waals surface area contributed by atoms with Crippen molar-refractivity contribution in [3.05, 3.63) is 64.7 Å². The SMILES string of the molecule is COc1c(F)ccc(C(=O)ON2C(=O)c3ccccc3C2=O)c1F. The first-order valence-corrected chi connectivity index (χ1v) is 6.67. The summed E-state index contributed by atoms with van der Waals surface area (Å²) in [5.74, 6) is -6.10. The average molecular weight is 333 g/mol. The van der Waals surface area contributed by atoms with E-state index in [4.69, 9.17) is 4.84 Å². The molecule has 0 aliphatic carbocycles. The van der Waals surface area contributed by atoms with Crippen LogP contribution in [0.4, 0.5) is 8.78 Å². The highest BCUT2D eigenvalue weighted by atomic mass is 19.1. The summed E-state index contributed by atoms with van der Waals surface area (Å²) in [6, 6.07) is 7.50. The van der Waals surface area contributed by atoms with E-state index in [1.165, 1.54) is 12.1 Å². The van der Waals surface area contributed by atoms with E-state index >= 15 is 0 Å². The Morgan fingerprint density at radius 3 is 2.12 bits per heavy atom. The number of amides is 2. The van der Waals surface area contributed by atoms with Crippen molar-refractivity contribution in [3.8, 4) is 5.75 Å². The van der Waals surface area contributed by atoms with Crippen molar-refractivity contribution in [3.63, 3.8) is 0 Å². The number of hydroxylamine groups is 2. The number of hydrogen-bond donors (Lipinski definition) is 0. The van der Waals surface area contributed by atoms with Gasteiger partial charge in [-0.15, -0.1) is 0 Å². The molecule has 0 saturated heterocycles. The van der Waals surface area contributed by atoms with Gasteiger partial charge in [0.25, 0.3) is 11.8 Å². The van der Waals surface area contributed by atoms with Crippen molar-refractivity contribution in [2.75, 3.05) is 7.11 Å². The molecule has 6 nitrogen and oxygen atoms in total. The summed E-state index contributed by atoms with van der Waals surface area (Å²) in [6.07, 6.45) is 0. The Balaban J connectivity index is 1.90. The van der Waals surface area contributed by atoms with Crippen LogP contribution >= 0.6 is 0 Å². The number of carbonyl (C=O) groups is 3. The number of fused-ring (bicyclic) bond motifs is 1. The van der Waals surface area contributed by atoms with Crippen LogP contribution in [0.2, 0.25) is 0 Å². The number of imide groups is 1. The Bertz CT molecular complexity index is 846. The number of halogens is 2. The van der Waals surface area contributed by atoms with Crippen molar-refractivity contribution >= 4 is 17.8 Å². The lowest BCUT2D eigenvalue weighted by Crippen LogP contribution is -2.33. The first-order valence-electron chi connectivity index (χ1n) is 6.67. The van der Waals surface area contributed by atoms with E-state index in [0.29, 0.717) is 0 Å². The third kappa shape index (κ3) is 2.28. The predicted molar refractivity (Wildman–Crippen MR) is 75.3 cm³/mol. The van der Waals surface area contributed by atoms with Gasteiger partial charge in [-0.05, 0) is 24.3 Å². The van der Waals surface area contributed by atoms with Crippen LogP contribution in [0.5, 0.6) is 5.75 Å². The van der Waals surface area contributed by atoms with Crippen molar-refractivity contribution in [1.29, 1.82) is 0 Å². The van der Waals surface area contributed by atoms with Gasteiger partial charge in [0.05, 0.1) is 18.2 Å². The normalized spacial score (nSPS) is 13.0. The Morgan fingerprint density at radius 2 is 1.58 bits per heavy atom. The van der Waals surface area contributed by atoms with Crippen molar-refractivity contribution in [2.45, 2.75) is 0 Å². The molecule has 0 radical (unpaired) electrons. The minimum Gasteiger partial charge on any atom is -0.491 e. The Kier molecular flexibility index (Phi) is 3.72. The van der Waals surface area contributed by atoms with Gasteiger partial charge in [0.2, 0.25) is 0 Å². The lowest BCUT2D eigenvalue weighted by Gasteiger charge is -2.13. The highest BCUT2D eigenvalue weighted by Gasteiger charge is 2.39. The first kappa shape index (κ1) is 15.6. The van der Waals surface area contributed by atoms with Gasteiger partial charge < -0.3 is 9.57 Å². The van der Waals surface area contributed by atoms with E-state index in [1.807, 2.05) is 0 Å². The number of methoxy groups -OCH3 is 1. The summed E-state index contributed by atoms with van der Waals surface area (Å²) in [5.41, 5.74) is -0.551. The van der Waals surface area contributed by atoms with Crippen molar-refractivity contribution in [1.82, 2.24) is 5.06 Å². The molecule has 0 fully saturated rings. The van der Waals surface area contributed by atoms with Crippen LogP contribution in [-0.2, 0) is 4.84 Å². The number of hydrogen-bond acceptors (Lipinski definition) is 5. The highest BCUT2D eigenvalue weighted by Crippen LogP contribution is 2.27. The fourth-order valence-electron chi connectivity index (χ4n) is 2.26.